The molecule has 1 aromatic carbocycles. The highest BCUT2D eigenvalue weighted by Crippen LogP contribution is 2.13. The van der Waals surface area contributed by atoms with Crippen LogP contribution in [0, 0.1) is 11.3 Å². The molecule has 0 heterocycles. The van der Waals surface area contributed by atoms with Gasteiger partial charge < -0.3 is 0 Å². The van der Waals surface area contributed by atoms with Gasteiger partial charge in [-0.05, 0) is 17.7 Å². The normalized spacial score (nSPS) is 12.7. The maximum absolute atomic E-state index is 8.57. The summed E-state index contributed by atoms with van der Waals surface area (Å²) in [6.45, 7) is 0. The second-order valence-corrected chi connectivity index (χ2v) is 6.47. The molecule has 0 amide bonds. The summed E-state index contributed by atoms with van der Waals surface area (Å²) in [6, 6.07) is 9.58. The molecule has 0 saturated carbocycles. The van der Waals surface area contributed by atoms with Crippen LogP contribution in [-0.4, -0.2) is 2.83 Å². The maximum Gasteiger partial charge on any atom is 0.0991 e. The van der Waals surface area contributed by atoms with Crippen LogP contribution in [0.5, 0.6) is 0 Å². The van der Waals surface area contributed by atoms with E-state index >= 15 is 0 Å². The zero-order valence-electron chi connectivity index (χ0n) is 6.74. The van der Waals surface area contributed by atoms with Gasteiger partial charge in [0.05, 0.1) is 14.5 Å². The van der Waals surface area contributed by atoms with E-state index < -0.39 is 0 Å². The average Bonchev–Trinajstić information content (AvgIpc) is 2.15. The lowest BCUT2D eigenvalue weighted by Gasteiger charge is -1.93. The first kappa shape index (κ1) is 10.7. The Balaban J connectivity index is 2.76. The Hall–Kier alpha value is -0.340. The summed E-state index contributed by atoms with van der Waals surface area (Å²) >= 11 is 5.67. The van der Waals surface area contributed by atoms with Crippen LogP contribution in [0.1, 0.15) is 11.1 Å². The summed E-state index contributed by atoms with van der Waals surface area (Å²) in [5.74, 6) is 0. The van der Waals surface area contributed by atoms with Crippen LogP contribution < -0.4 is 0 Å². The van der Waals surface area contributed by atoms with Crippen molar-refractivity contribution in [2.45, 2.75) is 2.83 Å². The molecule has 3 heteroatoms. The molecule has 0 bridgehead atoms. The number of rotatable bonds is 2. The first-order valence-corrected chi connectivity index (χ1v) is 5.85. The van der Waals surface area contributed by atoms with Crippen LogP contribution in [0.4, 0.5) is 0 Å². The molecule has 1 aromatic rings. The quantitative estimate of drug-likeness (QED) is 0.590. The van der Waals surface area contributed by atoms with Crippen molar-refractivity contribution < 1.29 is 0 Å². The first-order chi connectivity index (χ1) is 6.22. The number of hydrogen-bond acceptors (Lipinski definition) is 1. The molecule has 1 unspecified atom stereocenters. The number of hydrogen-bond donors (Lipinski definition) is 0. The minimum atomic E-state index is 0.348. The predicted octanol–water partition coefficient (Wildman–Crippen LogP) is 3.73. The molecule has 0 aromatic heterocycles. The van der Waals surface area contributed by atoms with Gasteiger partial charge in [0.1, 0.15) is 0 Å². The predicted molar refractivity (Wildman–Crippen MR) is 66.9 cm³/mol. The van der Waals surface area contributed by atoms with E-state index in [0.717, 1.165) is 5.56 Å². The Kier molecular flexibility index (Phi) is 4.46. The third-order valence-electron chi connectivity index (χ3n) is 1.47. The van der Waals surface area contributed by atoms with E-state index in [9.17, 15) is 0 Å². The lowest BCUT2D eigenvalue weighted by atomic mass is 10.1. The molecule has 0 radical (unpaired) electrons. The smallest absolute Gasteiger partial charge is 0.0991 e. The molecule has 13 heavy (non-hydrogen) atoms. The molecular formula is C10H7BrIN. The Morgan fingerprint density at radius 2 is 2.00 bits per heavy atom. The summed E-state index contributed by atoms with van der Waals surface area (Å²) in [6.07, 6.45) is 4.06. The summed E-state index contributed by atoms with van der Waals surface area (Å²) < 4.78 is 0.348. The van der Waals surface area contributed by atoms with Crippen LogP contribution in [0.25, 0.3) is 6.08 Å². The topological polar surface area (TPSA) is 23.8 Å². The molecule has 0 N–H and O–H groups in total. The van der Waals surface area contributed by atoms with Crippen LogP contribution in [0.3, 0.4) is 0 Å². The Morgan fingerprint density at radius 1 is 1.38 bits per heavy atom. The van der Waals surface area contributed by atoms with Crippen molar-refractivity contribution >= 4 is 44.6 Å². The lowest BCUT2D eigenvalue weighted by Crippen LogP contribution is -1.77. The monoisotopic (exact) mass is 347 g/mol. The van der Waals surface area contributed by atoms with Gasteiger partial charge in [-0.25, -0.2) is 0 Å². The minimum absolute atomic E-state index is 0.348. The Bertz CT molecular complexity index is 335. The standard InChI is InChI=1S/C10H7BrIN/c11-10(12)6-5-8-1-3-9(7-13)4-2-8/h1-6,10H. The average molecular weight is 348 g/mol. The van der Waals surface area contributed by atoms with E-state index in [1.807, 2.05) is 36.4 Å². The van der Waals surface area contributed by atoms with Gasteiger partial charge >= 0.3 is 0 Å². The van der Waals surface area contributed by atoms with Gasteiger partial charge in [0.15, 0.2) is 0 Å². The highest BCUT2D eigenvalue weighted by atomic mass is 127. The number of benzene rings is 1. The van der Waals surface area contributed by atoms with E-state index in [4.69, 9.17) is 5.26 Å². The maximum atomic E-state index is 8.57. The number of nitriles is 1. The molecule has 1 nitrogen and oxygen atoms in total. The summed E-state index contributed by atoms with van der Waals surface area (Å²) in [4.78, 5) is 0. The first-order valence-electron chi connectivity index (χ1n) is 3.69. The second-order valence-electron chi connectivity index (χ2n) is 2.43. The fraction of sp³-hybridized carbons (Fsp3) is 0.100. The van der Waals surface area contributed by atoms with Crippen molar-refractivity contribution in [1.29, 1.82) is 5.26 Å². The molecule has 0 fully saturated rings. The van der Waals surface area contributed by atoms with Crippen LogP contribution in [-0.2, 0) is 0 Å². The molecule has 1 atom stereocenters. The molecular weight excluding hydrogens is 341 g/mol. The van der Waals surface area contributed by atoms with Gasteiger partial charge in [0, 0.05) is 0 Å². The third kappa shape index (κ3) is 3.92. The molecule has 0 aliphatic heterocycles. The van der Waals surface area contributed by atoms with Crippen molar-refractivity contribution in [2.75, 3.05) is 0 Å². The third-order valence-corrected chi connectivity index (χ3v) is 2.19. The van der Waals surface area contributed by atoms with Gasteiger partial charge in [0.25, 0.3) is 0 Å². The van der Waals surface area contributed by atoms with Crippen LogP contribution in [0.15, 0.2) is 30.3 Å². The molecule has 66 valence electrons. The molecule has 1 rings (SSSR count). The summed E-state index contributed by atoms with van der Waals surface area (Å²) in [7, 11) is 0. The SMILES string of the molecule is N#Cc1ccc(C=CC(Br)I)cc1. The summed E-state index contributed by atoms with van der Waals surface area (Å²) in [5.41, 5.74) is 1.81. The molecule has 0 spiro atoms. The number of nitrogens with zero attached hydrogens (tertiary/aromatic N) is 1. The number of alkyl halides is 2. The van der Waals surface area contributed by atoms with Gasteiger partial charge in [-0.15, -0.1) is 0 Å². The van der Waals surface area contributed by atoms with Gasteiger partial charge in [-0.3, -0.25) is 0 Å². The van der Waals surface area contributed by atoms with Crippen molar-refractivity contribution in [3.8, 4) is 6.07 Å². The van der Waals surface area contributed by atoms with Crippen molar-refractivity contribution in [2.24, 2.45) is 0 Å². The zero-order valence-corrected chi connectivity index (χ0v) is 10.5. The largest absolute Gasteiger partial charge is 0.192 e. The van der Waals surface area contributed by atoms with Crippen molar-refractivity contribution in [3.05, 3.63) is 41.5 Å². The second kappa shape index (κ2) is 5.40. The van der Waals surface area contributed by atoms with E-state index in [1.54, 1.807) is 0 Å². The molecule has 0 aliphatic rings. The van der Waals surface area contributed by atoms with Crippen molar-refractivity contribution in [1.82, 2.24) is 0 Å². The number of halogens is 2. The molecule has 0 saturated heterocycles. The fourth-order valence-corrected chi connectivity index (χ4v) is 1.21. The van der Waals surface area contributed by atoms with E-state index in [1.165, 1.54) is 0 Å². The highest BCUT2D eigenvalue weighted by Gasteiger charge is 1.91. The van der Waals surface area contributed by atoms with E-state index in [-0.39, 0.29) is 0 Å². The van der Waals surface area contributed by atoms with E-state index in [2.05, 4.69) is 44.6 Å². The van der Waals surface area contributed by atoms with Gasteiger partial charge in [-0.2, -0.15) is 5.26 Å². The minimum Gasteiger partial charge on any atom is -0.192 e. The Labute approximate surface area is 99.7 Å². The molecule has 0 aliphatic carbocycles. The van der Waals surface area contributed by atoms with Gasteiger partial charge in [0.2, 0.25) is 0 Å². The zero-order chi connectivity index (χ0) is 9.68. The lowest BCUT2D eigenvalue weighted by molar-refractivity contribution is 1.48. The fourth-order valence-electron chi connectivity index (χ4n) is 0.853. The van der Waals surface area contributed by atoms with Crippen LogP contribution >= 0.6 is 38.5 Å². The Morgan fingerprint density at radius 3 is 2.46 bits per heavy atom. The number of allylic oxidation sites excluding steroid dienone is 1. The highest BCUT2D eigenvalue weighted by molar-refractivity contribution is 14.1. The summed E-state index contributed by atoms with van der Waals surface area (Å²) in [5, 5.41) is 8.57. The van der Waals surface area contributed by atoms with E-state index in [0.29, 0.717) is 8.40 Å². The van der Waals surface area contributed by atoms with Gasteiger partial charge in [-0.1, -0.05) is 62.8 Å². The van der Waals surface area contributed by atoms with Crippen molar-refractivity contribution in [3.63, 3.8) is 0 Å². The van der Waals surface area contributed by atoms with Crippen LogP contribution in [0.2, 0.25) is 0 Å².